The van der Waals surface area contributed by atoms with E-state index in [1.165, 1.54) is 0 Å². The zero-order valence-electron chi connectivity index (χ0n) is 10.3. The summed E-state index contributed by atoms with van der Waals surface area (Å²) in [5.41, 5.74) is 1.60. The average molecular weight is 241 g/mol. The number of carbonyl (C=O) groups is 1. The molecule has 0 bridgehead atoms. The van der Waals surface area contributed by atoms with Crippen molar-refractivity contribution >= 4 is 23.1 Å². The third kappa shape index (κ3) is 2.07. The zero-order chi connectivity index (χ0) is 13.0. The van der Waals surface area contributed by atoms with Crippen LogP contribution in [0.2, 0.25) is 0 Å². The van der Waals surface area contributed by atoms with E-state index in [-0.39, 0.29) is 0 Å². The molecule has 18 heavy (non-hydrogen) atoms. The lowest BCUT2D eigenvalue weighted by atomic mass is 10.2. The molecule has 1 aromatic carbocycles. The first-order valence-corrected chi connectivity index (χ1v) is 5.83. The van der Waals surface area contributed by atoms with Gasteiger partial charge in [0.2, 0.25) is 0 Å². The molecule has 0 atom stereocenters. The number of fused-ring (bicyclic) bond motifs is 1. The van der Waals surface area contributed by atoms with Crippen LogP contribution in [0.5, 0.6) is 0 Å². The summed E-state index contributed by atoms with van der Waals surface area (Å²) in [6.45, 7) is 6.15. The summed E-state index contributed by atoms with van der Waals surface area (Å²) in [5.74, 6) is 0.664. The SMILES string of the molecule is C=C/C=C(/OCC)n1cc(C=O)c2ccccc21. The fraction of sp³-hybridized carbons (Fsp3) is 0.133. The molecule has 2 aromatic rings. The van der Waals surface area contributed by atoms with Crippen LogP contribution in [0.1, 0.15) is 17.3 Å². The van der Waals surface area contributed by atoms with Crippen LogP contribution in [0, 0.1) is 0 Å². The third-order valence-electron chi connectivity index (χ3n) is 2.66. The van der Waals surface area contributed by atoms with E-state index in [1.807, 2.05) is 35.8 Å². The molecule has 2 rings (SSSR count). The van der Waals surface area contributed by atoms with E-state index in [9.17, 15) is 4.79 Å². The Morgan fingerprint density at radius 1 is 1.44 bits per heavy atom. The predicted molar refractivity (Wildman–Crippen MR) is 73.4 cm³/mol. The maximum atomic E-state index is 11.1. The molecule has 3 nitrogen and oxygen atoms in total. The van der Waals surface area contributed by atoms with Crippen LogP contribution in [-0.4, -0.2) is 17.5 Å². The fourth-order valence-corrected chi connectivity index (χ4v) is 1.93. The molecule has 0 unspecified atom stereocenters. The van der Waals surface area contributed by atoms with Crippen molar-refractivity contribution in [2.24, 2.45) is 0 Å². The Balaban J connectivity index is 2.66. The van der Waals surface area contributed by atoms with Crippen molar-refractivity contribution in [3.8, 4) is 0 Å². The van der Waals surface area contributed by atoms with Crippen molar-refractivity contribution in [1.82, 2.24) is 4.57 Å². The number of benzene rings is 1. The van der Waals surface area contributed by atoms with Gasteiger partial charge >= 0.3 is 0 Å². The lowest BCUT2D eigenvalue weighted by molar-refractivity contribution is 0.112. The van der Waals surface area contributed by atoms with Gasteiger partial charge in [0.05, 0.1) is 12.1 Å². The summed E-state index contributed by atoms with van der Waals surface area (Å²) in [4.78, 5) is 11.1. The first-order chi connectivity index (χ1) is 8.81. The summed E-state index contributed by atoms with van der Waals surface area (Å²) in [6, 6.07) is 7.73. The maximum absolute atomic E-state index is 11.1. The first-order valence-electron chi connectivity index (χ1n) is 5.83. The van der Waals surface area contributed by atoms with Gasteiger partial charge in [0.25, 0.3) is 0 Å². The highest BCUT2D eigenvalue weighted by atomic mass is 16.5. The van der Waals surface area contributed by atoms with Gasteiger partial charge in [-0.05, 0) is 19.1 Å². The minimum atomic E-state index is 0.558. The van der Waals surface area contributed by atoms with Gasteiger partial charge in [-0.1, -0.05) is 30.9 Å². The Morgan fingerprint density at radius 2 is 2.22 bits per heavy atom. The van der Waals surface area contributed by atoms with Crippen molar-refractivity contribution in [2.75, 3.05) is 6.61 Å². The van der Waals surface area contributed by atoms with Gasteiger partial charge in [-0.3, -0.25) is 9.36 Å². The van der Waals surface area contributed by atoms with Gasteiger partial charge in [0.1, 0.15) is 0 Å². The molecule has 0 aliphatic carbocycles. The summed E-state index contributed by atoms with van der Waals surface area (Å²) in [7, 11) is 0. The molecule has 0 radical (unpaired) electrons. The maximum Gasteiger partial charge on any atom is 0.198 e. The van der Waals surface area contributed by atoms with Crippen molar-refractivity contribution in [3.63, 3.8) is 0 Å². The van der Waals surface area contributed by atoms with Gasteiger partial charge in [0, 0.05) is 17.1 Å². The minimum absolute atomic E-state index is 0.558. The molecule has 0 fully saturated rings. The second kappa shape index (κ2) is 5.36. The summed E-state index contributed by atoms with van der Waals surface area (Å²) >= 11 is 0. The molecule has 0 saturated heterocycles. The highest BCUT2D eigenvalue weighted by molar-refractivity contribution is 5.98. The van der Waals surface area contributed by atoms with Crippen LogP contribution in [0.15, 0.2) is 49.2 Å². The van der Waals surface area contributed by atoms with Crippen molar-refractivity contribution in [3.05, 3.63) is 54.8 Å². The third-order valence-corrected chi connectivity index (χ3v) is 2.66. The predicted octanol–water partition coefficient (Wildman–Crippen LogP) is 3.47. The fourth-order valence-electron chi connectivity index (χ4n) is 1.93. The second-order valence-corrected chi connectivity index (χ2v) is 3.76. The monoisotopic (exact) mass is 241 g/mol. The van der Waals surface area contributed by atoms with Crippen LogP contribution in [-0.2, 0) is 4.74 Å². The Bertz CT molecular complexity index is 608. The highest BCUT2D eigenvalue weighted by Crippen LogP contribution is 2.23. The zero-order valence-corrected chi connectivity index (χ0v) is 10.3. The van der Waals surface area contributed by atoms with Crippen LogP contribution in [0.3, 0.4) is 0 Å². The molecular weight excluding hydrogens is 226 g/mol. The number of para-hydroxylation sites is 1. The molecule has 0 N–H and O–H groups in total. The highest BCUT2D eigenvalue weighted by Gasteiger charge is 2.10. The van der Waals surface area contributed by atoms with Gasteiger partial charge in [-0.25, -0.2) is 0 Å². The normalized spacial score (nSPS) is 11.5. The molecule has 0 aliphatic rings. The number of rotatable bonds is 5. The number of carbonyl (C=O) groups excluding carboxylic acids is 1. The van der Waals surface area contributed by atoms with E-state index in [1.54, 1.807) is 18.3 Å². The minimum Gasteiger partial charge on any atom is -0.479 e. The molecule has 0 aliphatic heterocycles. The molecule has 92 valence electrons. The standard InChI is InChI=1S/C15H15NO2/c1-3-7-15(18-4-2)16-10-12(11-17)13-8-5-6-9-14(13)16/h3,5-11H,1,4H2,2H3/b15-7+. The molecule has 1 aromatic heterocycles. The largest absolute Gasteiger partial charge is 0.479 e. The number of allylic oxidation sites excluding steroid dienone is 2. The van der Waals surface area contributed by atoms with Gasteiger partial charge in [-0.2, -0.15) is 0 Å². The summed E-state index contributed by atoms with van der Waals surface area (Å²) in [6.07, 6.45) is 6.09. The molecule has 0 amide bonds. The molecule has 0 spiro atoms. The van der Waals surface area contributed by atoms with Crippen molar-refractivity contribution in [1.29, 1.82) is 0 Å². The lowest BCUT2D eigenvalue weighted by Crippen LogP contribution is -1.99. The number of aldehydes is 1. The van der Waals surface area contributed by atoms with E-state index < -0.39 is 0 Å². The van der Waals surface area contributed by atoms with Gasteiger partial charge in [0.15, 0.2) is 12.2 Å². The van der Waals surface area contributed by atoms with E-state index in [0.717, 1.165) is 17.2 Å². The lowest BCUT2D eigenvalue weighted by Gasteiger charge is -2.10. The summed E-state index contributed by atoms with van der Waals surface area (Å²) in [5, 5.41) is 0.919. The smallest absolute Gasteiger partial charge is 0.198 e. The van der Waals surface area contributed by atoms with Crippen LogP contribution < -0.4 is 0 Å². The van der Waals surface area contributed by atoms with E-state index in [0.29, 0.717) is 18.1 Å². The van der Waals surface area contributed by atoms with Gasteiger partial charge < -0.3 is 4.74 Å². The molecule has 1 heterocycles. The number of nitrogens with zero attached hydrogens (tertiary/aromatic N) is 1. The second-order valence-electron chi connectivity index (χ2n) is 3.76. The average Bonchev–Trinajstić information content (AvgIpc) is 2.77. The quantitative estimate of drug-likeness (QED) is 0.456. The molecule has 3 heteroatoms. The number of aromatic nitrogens is 1. The van der Waals surface area contributed by atoms with Crippen LogP contribution in [0.4, 0.5) is 0 Å². The number of hydrogen-bond acceptors (Lipinski definition) is 2. The van der Waals surface area contributed by atoms with Crippen molar-refractivity contribution < 1.29 is 9.53 Å². The van der Waals surface area contributed by atoms with E-state index in [4.69, 9.17) is 4.74 Å². The Hall–Kier alpha value is -2.29. The number of hydrogen-bond donors (Lipinski definition) is 0. The van der Waals surface area contributed by atoms with E-state index >= 15 is 0 Å². The van der Waals surface area contributed by atoms with Crippen LogP contribution in [0.25, 0.3) is 16.8 Å². The Morgan fingerprint density at radius 3 is 2.89 bits per heavy atom. The Labute approximate surface area is 106 Å². The molecule has 0 saturated carbocycles. The topological polar surface area (TPSA) is 31.2 Å². The van der Waals surface area contributed by atoms with Gasteiger partial charge in [-0.15, -0.1) is 0 Å². The van der Waals surface area contributed by atoms with Crippen molar-refractivity contribution in [2.45, 2.75) is 6.92 Å². The summed E-state index contributed by atoms with van der Waals surface area (Å²) < 4.78 is 7.44. The Kier molecular flexibility index (Phi) is 3.63. The first kappa shape index (κ1) is 12.2. The number of ether oxygens (including phenoxy) is 1. The molecular formula is C15H15NO2. The van der Waals surface area contributed by atoms with Crippen LogP contribution >= 0.6 is 0 Å². The van der Waals surface area contributed by atoms with E-state index in [2.05, 4.69) is 6.58 Å².